The number of nitrogens with one attached hydrogen (secondary N) is 1. The van der Waals surface area contributed by atoms with Gasteiger partial charge in [-0.3, -0.25) is 0 Å². The van der Waals surface area contributed by atoms with E-state index in [1.807, 2.05) is 18.4 Å². The van der Waals surface area contributed by atoms with Crippen LogP contribution in [-0.2, 0) is 12.8 Å². The van der Waals surface area contributed by atoms with Crippen LogP contribution >= 0.6 is 0 Å². The van der Waals surface area contributed by atoms with Gasteiger partial charge < -0.3 is 14.5 Å². The number of ether oxygens (including phenoxy) is 1. The van der Waals surface area contributed by atoms with E-state index in [1.54, 1.807) is 13.4 Å². The van der Waals surface area contributed by atoms with Crippen molar-refractivity contribution in [2.45, 2.75) is 26.2 Å². The summed E-state index contributed by atoms with van der Waals surface area (Å²) < 4.78 is 10.7. The minimum Gasteiger partial charge on any atom is -0.496 e. The summed E-state index contributed by atoms with van der Waals surface area (Å²) in [5, 5.41) is 3.53. The minimum atomic E-state index is 0.533. The predicted molar refractivity (Wildman–Crippen MR) is 85.8 cm³/mol. The number of furan rings is 1. The summed E-state index contributed by atoms with van der Waals surface area (Å²) in [6.45, 7) is 4.27. The first-order valence-corrected chi connectivity index (χ1v) is 7.67. The molecule has 0 aliphatic heterocycles. The molecule has 1 N–H and O–H groups in total. The van der Waals surface area contributed by atoms with Crippen LogP contribution in [0.25, 0.3) is 0 Å². The van der Waals surface area contributed by atoms with Crippen LogP contribution in [0.1, 0.15) is 24.5 Å². The van der Waals surface area contributed by atoms with Gasteiger partial charge >= 0.3 is 0 Å². The zero-order valence-corrected chi connectivity index (χ0v) is 13.0. The third-order valence-corrected chi connectivity index (χ3v) is 3.67. The van der Waals surface area contributed by atoms with Crippen molar-refractivity contribution in [2.24, 2.45) is 5.92 Å². The molecule has 1 heterocycles. The SMILES string of the molecule is CCCNCC(Cc1ccoc1)Cc1ccccc1OC. The highest BCUT2D eigenvalue weighted by Gasteiger charge is 2.14. The maximum atomic E-state index is 5.47. The zero-order valence-electron chi connectivity index (χ0n) is 13.0. The molecule has 0 fully saturated rings. The number of benzene rings is 1. The first-order valence-electron chi connectivity index (χ1n) is 7.67. The van der Waals surface area contributed by atoms with Crippen molar-refractivity contribution < 1.29 is 9.15 Å². The maximum Gasteiger partial charge on any atom is 0.122 e. The van der Waals surface area contributed by atoms with E-state index in [2.05, 4.69) is 30.4 Å². The van der Waals surface area contributed by atoms with Gasteiger partial charge in [0, 0.05) is 0 Å². The molecule has 21 heavy (non-hydrogen) atoms. The first-order chi connectivity index (χ1) is 10.3. The predicted octanol–water partition coefficient (Wildman–Crippen LogP) is 3.69. The number of rotatable bonds is 9. The molecule has 2 rings (SSSR count). The average molecular weight is 287 g/mol. The van der Waals surface area contributed by atoms with Crippen LogP contribution in [0.15, 0.2) is 47.3 Å². The van der Waals surface area contributed by atoms with E-state index in [9.17, 15) is 0 Å². The summed E-state index contributed by atoms with van der Waals surface area (Å²) in [6.07, 6.45) is 6.77. The average Bonchev–Trinajstić information content (AvgIpc) is 3.01. The molecule has 0 spiro atoms. The lowest BCUT2D eigenvalue weighted by Gasteiger charge is -2.18. The molecule has 0 aliphatic carbocycles. The van der Waals surface area contributed by atoms with Crippen molar-refractivity contribution in [1.29, 1.82) is 0 Å². The van der Waals surface area contributed by atoms with Gasteiger partial charge in [-0.05, 0) is 61.5 Å². The van der Waals surface area contributed by atoms with E-state index in [0.717, 1.165) is 38.1 Å². The fourth-order valence-corrected chi connectivity index (χ4v) is 2.62. The lowest BCUT2D eigenvalue weighted by atomic mass is 9.93. The van der Waals surface area contributed by atoms with Crippen LogP contribution in [-0.4, -0.2) is 20.2 Å². The van der Waals surface area contributed by atoms with Crippen molar-refractivity contribution in [3.8, 4) is 5.75 Å². The Bertz CT molecular complexity index is 508. The maximum absolute atomic E-state index is 5.47. The van der Waals surface area contributed by atoms with Gasteiger partial charge in [0.15, 0.2) is 0 Å². The molecule has 3 heteroatoms. The Balaban J connectivity index is 2.03. The molecule has 1 atom stereocenters. The molecule has 0 radical (unpaired) electrons. The number of hydrogen-bond donors (Lipinski definition) is 1. The van der Waals surface area contributed by atoms with Crippen LogP contribution in [0.3, 0.4) is 0 Å². The number of para-hydroxylation sites is 1. The van der Waals surface area contributed by atoms with Crippen LogP contribution in [0.4, 0.5) is 0 Å². The molecule has 0 bridgehead atoms. The van der Waals surface area contributed by atoms with E-state index in [0.29, 0.717) is 5.92 Å². The van der Waals surface area contributed by atoms with Gasteiger partial charge in [0.1, 0.15) is 5.75 Å². The van der Waals surface area contributed by atoms with Crippen molar-refractivity contribution in [1.82, 2.24) is 5.32 Å². The van der Waals surface area contributed by atoms with E-state index in [-0.39, 0.29) is 0 Å². The van der Waals surface area contributed by atoms with Crippen LogP contribution in [0, 0.1) is 5.92 Å². The van der Waals surface area contributed by atoms with Gasteiger partial charge in [-0.25, -0.2) is 0 Å². The van der Waals surface area contributed by atoms with Gasteiger partial charge in [0.2, 0.25) is 0 Å². The van der Waals surface area contributed by atoms with Gasteiger partial charge in [0.05, 0.1) is 19.6 Å². The monoisotopic (exact) mass is 287 g/mol. The minimum absolute atomic E-state index is 0.533. The topological polar surface area (TPSA) is 34.4 Å². The number of hydrogen-bond acceptors (Lipinski definition) is 3. The Morgan fingerprint density at radius 3 is 2.76 bits per heavy atom. The largest absolute Gasteiger partial charge is 0.496 e. The van der Waals surface area contributed by atoms with Gasteiger partial charge in [0.25, 0.3) is 0 Å². The molecule has 0 saturated carbocycles. The lowest BCUT2D eigenvalue weighted by molar-refractivity contribution is 0.400. The summed E-state index contributed by atoms with van der Waals surface area (Å²) in [5.41, 5.74) is 2.53. The Labute approximate surface area is 127 Å². The van der Waals surface area contributed by atoms with Crippen molar-refractivity contribution >= 4 is 0 Å². The van der Waals surface area contributed by atoms with Crippen LogP contribution in [0.2, 0.25) is 0 Å². The summed E-state index contributed by atoms with van der Waals surface area (Å²) in [5.74, 6) is 1.51. The standard InChI is InChI=1S/C18H25NO2/c1-3-9-19-13-16(11-15-8-10-21-14-15)12-17-6-4-5-7-18(17)20-2/h4-8,10,14,16,19H,3,9,11-13H2,1-2H3. The first kappa shape index (κ1) is 15.6. The molecule has 0 saturated heterocycles. The second kappa shape index (κ2) is 8.53. The molecule has 0 aliphatic rings. The van der Waals surface area contributed by atoms with Crippen molar-refractivity contribution in [3.05, 3.63) is 54.0 Å². The molecule has 1 aromatic heterocycles. The smallest absolute Gasteiger partial charge is 0.122 e. The second-order valence-electron chi connectivity index (χ2n) is 5.42. The zero-order chi connectivity index (χ0) is 14.9. The van der Waals surface area contributed by atoms with Gasteiger partial charge in [-0.15, -0.1) is 0 Å². The van der Waals surface area contributed by atoms with Crippen LogP contribution < -0.4 is 10.1 Å². The molecular weight excluding hydrogens is 262 g/mol. The fourth-order valence-electron chi connectivity index (χ4n) is 2.62. The highest BCUT2D eigenvalue weighted by molar-refractivity contribution is 5.33. The Hall–Kier alpha value is -1.74. The molecule has 0 amide bonds. The summed E-state index contributed by atoms with van der Waals surface area (Å²) in [4.78, 5) is 0. The molecule has 114 valence electrons. The summed E-state index contributed by atoms with van der Waals surface area (Å²) in [6, 6.07) is 10.3. The third kappa shape index (κ3) is 4.94. The van der Waals surface area contributed by atoms with Crippen molar-refractivity contribution in [2.75, 3.05) is 20.2 Å². The molecular formula is C18H25NO2. The van der Waals surface area contributed by atoms with E-state index >= 15 is 0 Å². The van der Waals surface area contributed by atoms with Crippen molar-refractivity contribution in [3.63, 3.8) is 0 Å². The highest BCUT2D eigenvalue weighted by atomic mass is 16.5. The second-order valence-corrected chi connectivity index (χ2v) is 5.42. The third-order valence-electron chi connectivity index (χ3n) is 3.67. The Morgan fingerprint density at radius 1 is 1.19 bits per heavy atom. The lowest BCUT2D eigenvalue weighted by Crippen LogP contribution is -2.26. The molecule has 3 nitrogen and oxygen atoms in total. The van der Waals surface area contributed by atoms with E-state index in [4.69, 9.17) is 9.15 Å². The Kier molecular flexibility index (Phi) is 6.35. The molecule has 1 unspecified atom stereocenters. The van der Waals surface area contributed by atoms with E-state index in [1.165, 1.54) is 11.1 Å². The normalized spacial score (nSPS) is 12.3. The highest BCUT2D eigenvalue weighted by Crippen LogP contribution is 2.22. The summed E-state index contributed by atoms with van der Waals surface area (Å²) >= 11 is 0. The summed E-state index contributed by atoms with van der Waals surface area (Å²) in [7, 11) is 1.74. The number of methoxy groups -OCH3 is 1. The van der Waals surface area contributed by atoms with Gasteiger partial charge in [-0.1, -0.05) is 25.1 Å². The van der Waals surface area contributed by atoms with Gasteiger partial charge in [-0.2, -0.15) is 0 Å². The quantitative estimate of drug-likeness (QED) is 0.714. The molecule has 1 aromatic carbocycles. The Morgan fingerprint density at radius 2 is 2.05 bits per heavy atom. The fraction of sp³-hybridized carbons (Fsp3) is 0.444. The molecule has 2 aromatic rings. The van der Waals surface area contributed by atoms with Crippen LogP contribution in [0.5, 0.6) is 5.75 Å². The van der Waals surface area contributed by atoms with E-state index < -0.39 is 0 Å².